The Morgan fingerprint density at radius 1 is 1.19 bits per heavy atom. The zero-order valence-electron chi connectivity index (χ0n) is 19.8. The molecular weight excluding hydrogens is 470 g/mol. The SMILES string of the molecule is CC(=O)c1c(O)c(C)c(O)c2c1OC1=CC(=O)/C(=C(/C)NCc3nc(-c4ccco4)no3)C(=O)[C@]12C. The molecule has 5 rings (SSSR count). The molecule has 2 aromatic heterocycles. The Morgan fingerprint density at radius 3 is 2.61 bits per heavy atom. The maximum Gasteiger partial charge on any atom is 0.246 e. The summed E-state index contributed by atoms with van der Waals surface area (Å²) in [5.41, 5.74) is -1.62. The van der Waals surface area contributed by atoms with Gasteiger partial charge in [-0.15, -0.1) is 0 Å². The topological polar surface area (TPSA) is 165 Å². The van der Waals surface area contributed by atoms with Gasteiger partial charge in [0.05, 0.1) is 23.9 Å². The van der Waals surface area contributed by atoms with E-state index in [1.54, 1.807) is 19.1 Å². The van der Waals surface area contributed by atoms with Crippen LogP contribution in [-0.2, 0) is 21.5 Å². The lowest BCUT2D eigenvalue weighted by Gasteiger charge is -2.29. The molecule has 3 heterocycles. The van der Waals surface area contributed by atoms with Crippen molar-refractivity contribution in [2.45, 2.75) is 39.7 Å². The molecule has 0 unspecified atom stereocenters. The molecule has 0 spiro atoms. The Bertz CT molecular complexity index is 1530. The second kappa shape index (κ2) is 7.94. The van der Waals surface area contributed by atoms with E-state index < -0.39 is 28.5 Å². The highest BCUT2D eigenvalue weighted by Crippen LogP contribution is 2.57. The van der Waals surface area contributed by atoms with Crippen LogP contribution in [0.1, 0.15) is 48.1 Å². The average molecular weight is 491 g/mol. The van der Waals surface area contributed by atoms with Gasteiger partial charge in [-0.25, -0.2) is 0 Å². The van der Waals surface area contributed by atoms with Crippen LogP contribution in [-0.4, -0.2) is 37.7 Å². The summed E-state index contributed by atoms with van der Waals surface area (Å²) in [6.45, 7) is 5.73. The molecule has 11 heteroatoms. The molecule has 1 aromatic carbocycles. The molecular formula is C25H21N3O8. The van der Waals surface area contributed by atoms with Crippen molar-refractivity contribution in [2.24, 2.45) is 0 Å². The van der Waals surface area contributed by atoms with E-state index in [0.29, 0.717) is 5.76 Å². The number of Topliss-reactive ketones (excluding diaryl/α,β-unsaturated/α-hetero) is 2. The smallest absolute Gasteiger partial charge is 0.246 e. The molecule has 1 atom stereocenters. The van der Waals surface area contributed by atoms with E-state index in [2.05, 4.69) is 15.5 Å². The zero-order valence-corrected chi connectivity index (χ0v) is 19.8. The number of aromatic nitrogens is 2. The summed E-state index contributed by atoms with van der Waals surface area (Å²) in [4.78, 5) is 43.2. The number of fused-ring (bicyclic) bond motifs is 3. The molecule has 2 aliphatic rings. The van der Waals surface area contributed by atoms with E-state index in [9.17, 15) is 24.6 Å². The highest BCUT2D eigenvalue weighted by atomic mass is 16.5. The number of nitrogens with zero attached hydrogens (tertiary/aromatic N) is 2. The third-order valence-corrected chi connectivity index (χ3v) is 6.47. The van der Waals surface area contributed by atoms with Crippen LogP contribution >= 0.6 is 0 Å². The second-order valence-electron chi connectivity index (χ2n) is 8.73. The number of allylic oxidation sites excluding steroid dienone is 4. The van der Waals surface area contributed by atoms with Crippen LogP contribution in [0.15, 0.2) is 50.4 Å². The van der Waals surface area contributed by atoms with Gasteiger partial charge >= 0.3 is 0 Å². The largest absolute Gasteiger partial charge is 0.507 e. The van der Waals surface area contributed by atoms with E-state index in [1.165, 1.54) is 27.0 Å². The molecule has 36 heavy (non-hydrogen) atoms. The van der Waals surface area contributed by atoms with Crippen molar-refractivity contribution in [1.82, 2.24) is 15.5 Å². The van der Waals surface area contributed by atoms with Crippen LogP contribution in [0.25, 0.3) is 11.6 Å². The van der Waals surface area contributed by atoms with Crippen LogP contribution in [0.3, 0.4) is 0 Å². The molecule has 3 N–H and O–H groups in total. The first-order valence-electron chi connectivity index (χ1n) is 11.0. The Kier molecular flexibility index (Phi) is 5.09. The summed E-state index contributed by atoms with van der Waals surface area (Å²) in [5.74, 6) is -1.89. The summed E-state index contributed by atoms with van der Waals surface area (Å²) in [5, 5.41) is 28.1. The Labute approximate surface area is 204 Å². The normalized spacial score (nSPS) is 19.9. The molecule has 0 saturated carbocycles. The number of benzene rings is 1. The number of carbonyl (C=O) groups is 3. The van der Waals surface area contributed by atoms with Gasteiger partial charge in [-0.2, -0.15) is 4.98 Å². The van der Waals surface area contributed by atoms with E-state index in [-0.39, 0.29) is 63.5 Å². The number of ether oxygens (including phenoxy) is 1. The third kappa shape index (κ3) is 3.16. The fourth-order valence-electron chi connectivity index (χ4n) is 4.49. The molecule has 1 aliphatic carbocycles. The number of hydrogen-bond acceptors (Lipinski definition) is 11. The monoisotopic (exact) mass is 491 g/mol. The van der Waals surface area contributed by atoms with Gasteiger partial charge in [-0.05, 0) is 39.8 Å². The first-order chi connectivity index (χ1) is 17.1. The maximum absolute atomic E-state index is 13.8. The molecule has 184 valence electrons. The van der Waals surface area contributed by atoms with Crippen molar-refractivity contribution in [3.8, 4) is 28.8 Å². The fraction of sp³-hybridized carbons (Fsp3) is 0.240. The minimum atomic E-state index is -1.59. The molecule has 0 fully saturated rings. The number of aromatic hydroxyl groups is 2. The van der Waals surface area contributed by atoms with E-state index in [0.717, 1.165) is 6.08 Å². The minimum Gasteiger partial charge on any atom is -0.507 e. The van der Waals surface area contributed by atoms with Crippen LogP contribution in [0.5, 0.6) is 17.2 Å². The highest BCUT2D eigenvalue weighted by Gasteiger charge is 2.56. The lowest BCUT2D eigenvalue weighted by Crippen LogP contribution is -2.41. The highest BCUT2D eigenvalue weighted by molar-refractivity contribution is 6.31. The molecule has 0 radical (unpaired) electrons. The summed E-state index contributed by atoms with van der Waals surface area (Å²) in [6, 6.07) is 3.36. The molecule has 0 saturated heterocycles. The van der Waals surface area contributed by atoms with Gasteiger partial charge in [0.25, 0.3) is 0 Å². The van der Waals surface area contributed by atoms with E-state index in [4.69, 9.17) is 13.7 Å². The summed E-state index contributed by atoms with van der Waals surface area (Å²) in [6.07, 6.45) is 2.63. The van der Waals surface area contributed by atoms with Crippen LogP contribution in [0.4, 0.5) is 0 Å². The first-order valence-corrected chi connectivity index (χ1v) is 11.0. The van der Waals surface area contributed by atoms with Crippen molar-refractivity contribution in [3.63, 3.8) is 0 Å². The lowest BCUT2D eigenvalue weighted by atomic mass is 9.70. The number of ketones is 3. The van der Waals surface area contributed by atoms with Crippen molar-refractivity contribution < 1.29 is 38.3 Å². The van der Waals surface area contributed by atoms with Gasteiger partial charge in [-0.3, -0.25) is 14.4 Å². The van der Waals surface area contributed by atoms with Crippen molar-refractivity contribution in [3.05, 3.63) is 64.1 Å². The predicted octanol–water partition coefficient (Wildman–Crippen LogP) is 3.00. The van der Waals surface area contributed by atoms with Gasteiger partial charge in [0.15, 0.2) is 23.1 Å². The predicted molar refractivity (Wildman–Crippen MR) is 122 cm³/mol. The molecule has 1 aliphatic heterocycles. The quantitative estimate of drug-likeness (QED) is 0.273. The first kappa shape index (κ1) is 23.1. The standard InChI is InChI=1S/C25H21N3O8/c1-10-20(31)18(12(3)29)22-19(21(10)32)25(4)15(35-22)8-13(30)17(23(25)33)11(2)26-9-16-27-24(28-36-16)14-6-5-7-34-14/h5-8,26,31-32H,9H2,1-4H3/b17-11+/t25-/m1/s1. The van der Waals surface area contributed by atoms with Gasteiger partial charge < -0.3 is 29.2 Å². The summed E-state index contributed by atoms with van der Waals surface area (Å²) < 4.78 is 16.2. The van der Waals surface area contributed by atoms with Crippen LogP contribution in [0, 0.1) is 6.92 Å². The Hall–Kier alpha value is -4.67. The zero-order chi connectivity index (χ0) is 25.9. The number of furan rings is 1. The number of phenolic OH excluding ortho intramolecular Hbond substituents is 2. The van der Waals surface area contributed by atoms with Gasteiger partial charge in [0.2, 0.25) is 11.7 Å². The van der Waals surface area contributed by atoms with Crippen LogP contribution in [0.2, 0.25) is 0 Å². The van der Waals surface area contributed by atoms with Gasteiger partial charge in [0.1, 0.15) is 34.0 Å². The van der Waals surface area contributed by atoms with E-state index >= 15 is 0 Å². The van der Waals surface area contributed by atoms with E-state index in [1.807, 2.05) is 0 Å². The van der Waals surface area contributed by atoms with Crippen molar-refractivity contribution >= 4 is 17.3 Å². The Balaban J connectivity index is 1.52. The summed E-state index contributed by atoms with van der Waals surface area (Å²) in [7, 11) is 0. The van der Waals surface area contributed by atoms with Crippen LogP contribution < -0.4 is 10.1 Å². The molecule has 11 nitrogen and oxygen atoms in total. The Morgan fingerprint density at radius 2 is 1.94 bits per heavy atom. The lowest BCUT2D eigenvalue weighted by molar-refractivity contribution is -0.123. The number of phenols is 2. The molecule has 0 bridgehead atoms. The molecule has 0 amide bonds. The van der Waals surface area contributed by atoms with Crippen molar-refractivity contribution in [1.29, 1.82) is 0 Å². The fourth-order valence-corrected chi connectivity index (χ4v) is 4.49. The third-order valence-electron chi connectivity index (χ3n) is 6.47. The number of carbonyl (C=O) groups excluding carboxylic acids is 3. The minimum absolute atomic E-state index is 0.0245. The van der Waals surface area contributed by atoms with Crippen molar-refractivity contribution in [2.75, 3.05) is 0 Å². The summed E-state index contributed by atoms with van der Waals surface area (Å²) >= 11 is 0. The second-order valence-corrected chi connectivity index (χ2v) is 8.73. The number of hydrogen-bond donors (Lipinski definition) is 3. The maximum atomic E-state index is 13.8. The average Bonchev–Trinajstić information content (AvgIpc) is 3.56. The number of nitrogens with one attached hydrogen (secondary N) is 1. The van der Waals surface area contributed by atoms with Gasteiger partial charge in [0, 0.05) is 17.3 Å². The number of rotatable bonds is 5. The van der Waals surface area contributed by atoms with Gasteiger partial charge in [-0.1, -0.05) is 5.16 Å². The molecule has 3 aromatic rings.